The monoisotopic (exact) mass is 357 g/mol. The van der Waals surface area contributed by atoms with Crippen LogP contribution in [0.25, 0.3) is 0 Å². The van der Waals surface area contributed by atoms with Crippen LogP contribution in [0, 0.1) is 19.8 Å². The Morgan fingerprint density at radius 1 is 0.923 bits per heavy atom. The van der Waals surface area contributed by atoms with Crippen LogP contribution in [0.5, 0.6) is 0 Å². The minimum atomic E-state index is -0.0124. The highest BCUT2D eigenvalue weighted by Crippen LogP contribution is 2.22. The number of carbonyl (C=O) groups is 3. The van der Waals surface area contributed by atoms with E-state index in [1.54, 1.807) is 4.90 Å². The molecule has 0 unspecified atom stereocenters. The standard InChI is InChI=1S/C20H27N3O3/c1-15-3-4-18(13-16(15)2)20(26)22-7-5-17(6-8-22)19(25)23-11-9-21(14-24)10-12-23/h3-4,13-14,17H,5-12H2,1-2H3. The third-order valence-corrected chi connectivity index (χ3v) is 5.66. The zero-order valence-corrected chi connectivity index (χ0v) is 15.6. The van der Waals surface area contributed by atoms with Crippen molar-refractivity contribution in [3.8, 4) is 0 Å². The number of likely N-dealkylation sites (tertiary alicyclic amines) is 1. The Balaban J connectivity index is 1.53. The van der Waals surface area contributed by atoms with Gasteiger partial charge in [0, 0.05) is 50.7 Å². The van der Waals surface area contributed by atoms with E-state index in [0.29, 0.717) is 52.1 Å². The number of carbonyl (C=O) groups excluding carboxylic acids is 3. The highest BCUT2D eigenvalue weighted by Gasteiger charge is 2.31. The lowest BCUT2D eigenvalue weighted by Crippen LogP contribution is -2.51. The van der Waals surface area contributed by atoms with E-state index < -0.39 is 0 Å². The van der Waals surface area contributed by atoms with E-state index in [0.717, 1.165) is 17.5 Å². The summed E-state index contributed by atoms with van der Waals surface area (Å²) >= 11 is 0. The van der Waals surface area contributed by atoms with E-state index in [1.165, 1.54) is 5.56 Å². The molecule has 3 amide bonds. The van der Waals surface area contributed by atoms with Crippen LogP contribution in [-0.2, 0) is 9.59 Å². The van der Waals surface area contributed by atoms with Crippen molar-refractivity contribution in [1.29, 1.82) is 0 Å². The Morgan fingerprint density at radius 3 is 2.15 bits per heavy atom. The number of piperidine rings is 1. The maximum Gasteiger partial charge on any atom is 0.253 e. The third-order valence-electron chi connectivity index (χ3n) is 5.66. The van der Waals surface area contributed by atoms with Crippen molar-refractivity contribution in [2.45, 2.75) is 26.7 Å². The molecule has 0 radical (unpaired) electrons. The molecule has 0 saturated carbocycles. The summed E-state index contributed by atoms with van der Waals surface area (Å²) in [4.78, 5) is 41.6. The van der Waals surface area contributed by atoms with Crippen LogP contribution in [-0.4, -0.2) is 72.2 Å². The predicted molar refractivity (Wildman–Crippen MR) is 98.8 cm³/mol. The quantitative estimate of drug-likeness (QED) is 0.770. The van der Waals surface area contributed by atoms with Crippen LogP contribution in [0.2, 0.25) is 0 Å². The van der Waals surface area contributed by atoms with Crippen molar-refractivity contribution in [2.75, 3.05) is 39.3 Å². The van der Waals surface area contributed by atoms with Gasteiger partial charge in [0.2, 0.25) is 12.3 Å². The first-order valence-corrected chi connectivity index (χ1v) is 9.34. The number of aryl methyl sites for hydroxylation is 2. The number of piperazine rings is 1. The van der Waals surface area contributed by atoms with Crippen LogP contribution in [0.3, 0.4) is 0 Å². The zero-order valence-electron chi connectivity index (χ0n) is 15.6. The molecular formula is C20H27N3O3. The molecule has 0 N–H and O–H groups in total. The van der Waals surface area contributed by atoms with Gasteiger partial charge in [-0.15, -0.1) is 0 Å². The SMILES string of the molecule is Cc1ccc(C(=O)N2CCC(C(=O)N3CCN(C=O)CC3)CC2)cc1C. The van der Waals surface area contributed by atoms with Crippen molar-refractivity contribution >= 4 is 18.2 Å². The lowest BCUT2D eigenvalue weighted by Gasteiger charge is -2.37. The highest BCUT2D eigenvalue weighted by atomic mass is 16.2. The van der Waals surface area contributed by atoms with Crippen LogP contribution in [0.15, 0.2) is 18.2 Å². The molecule has 6 nitrogen and oxygen atoms in total. The van der Waals surface area contributed by atoms with Gasteiger partial charge in [-0.2, -0.15) is 0 Å². The Morgan fingerprint density at radius 2 is 1.58 bits per heavy atom. The molecule has 0 aliphatic carbocycles. The molecule has 2 aliphatic heterocycles. The summed E-state index contributed by atoms with van der Waals surface area (Å²) < 4.78 is 0. The average molecular weight is 357 g/mol. The van der Waals surface area contributed by atoms with Crippen molar-refractivity contribution in [3.05, 3.63) is 34.9 Å². The van der Waals surface area contributed by atoms with Gasteiger partial charge in [-0.05, 0) is 49.9 Å². The summed E-state index contributed by atoms with van der Waals surface area (Å²) in [5, 5.41) is 0. The van der Waals surface area contributed by atoms with Gasteiger partial charge in [-0.1, -0.05) is 6.07 Å². The molecule has 2 aliphatic rings. The fraction of sp³-hybridized carbons (Fsp3) is 0.550. The van der Waals surface area contributed by atoms with Crippen molar-refractivity contribution in [3.63, 3.8) is 0 Å². The van der Waals surface area contributed by atoms with E-state index in [1.807, 2.05) is 41.8 Å². The van der Waals surface area contributed by atoms with Gasteiger partial charge in [0.1, 0.15) is 0 Å². The summed E-state index contributed by atoms with van der Waals surface area (Å²) in [5.74, 6) is 0.217. The smallest absolute Gasteiger partial charge is 0.253 e. The molecule has 0 aromatic heterocycles. The summed E-state index contributed by atoms with van der Waals surface area (Å²) in [6, 6.07) is 5.81. The van der Waals surface area contributed by atoms with E-state index in [-0.39, 0.29) is 17.7 Å². The first kappa shape index (κ1) is 18.4. The van der Waals surface area contributed by atoms with Gasteiger partial charge < -0.3 is 14.7 Å². The summed E-state index contributed by atoms with van der Waals surface area (Å²) in [5.41, 5.74) is 3.03. The Labute approximate surface area is 154 Å². The largest absolute Gasteiger partial charge is 0.342 e. The number of hydrogen-bond donors (Lipinski definition) is 0. The lowest BCUT2D eigenvalue weighted by atomic mass is 9.94. The predicted octanol–water partition coefficient (Wildman–Crippen LogP) is 1.46. The summed E-state index contributed by atoms with van der Waals surface area (Å²) in [6.07, 6.45) is 2.27. The molecule has 1 aromatic rings. The van der Waals surface area contributed by atoms with Crippen molar-refractivity contribution < 1.29 is 14.4 Å². The van der Waals surface area contributed by atoms with Gasteiger partial charge in [0.05, 0.1) is 0 Å². The minimum Gasteiger partial charge on any atom is -0.342 e. The Hall–Kier alpha value is -2.37. The highest BCUT2D eigenvalue weighted by molar-refractivity contribution is 5.94. The molecule has 3 rings (SSSR count). The molecule has 2 fully saturated rings. The molecule has 0 atom stereocenters. The molecule has 1 aromatic carbocycles. The third kappa shape index (κ3) is 3.89. The fourth-order valence-electron chi connectivity index (χ4n) is 3.69. The van der Waals surface area contributed by atoms with Gasteiger partial charge in [-0.3, -0.25) is 14.4 Å². The maximum atomic E-state index is 12.7. The van der Waals surface area contributed by atoms with Gasteiger partial charge in [-0.25, -0.2) is 0 Å². The van der Waals surface area contributed by atoms with E-state index in [4.69, 9.17) is 0 Å². The molecule has 0 spiro atoms. The number of hydrogen-bond acceptors (Lipinski definition) is 3. The van der Waals surface area contributed by atoms with E-state index in [9.17, 15) is 14.4 Å². The summed E-state index contributed by atoms with van der Waals surface area (Å²) in [6.45, 7) is 7.74. The second kappa shape index (κ2) is 7.89. The first-order chi connectivity index (χ1) is 12.5. The average Bonchev–Trinajstić information content (AvgIpc) is 2.69. The fourth-order valence-corrected chi connectivity index (χ4v) is 3.69. The van der Waals surface area contributed by atoms with Crippen molar-refractivity contribution in [1.82, 2.24) is 14.7 Å². The second-order valence-electron chi connectivity index (χ2n) is 7.33. The maximum absolute atomic E-state index is 12.7. The summed E-state index contributed by atoms with van der Waals surface area (Å²) in [7, 11) is 0. The topological polar surface area (TPSA) is 60.9 Å². The van der Waals surface area contributed by atoms with Crippen LogP contribution >= 0.6 is 0 Å². The Kier molecular flexibility index (Phi) is 5.59. The molecule has 26 heavy (non-hydrogen) atoms. The Bertz CT molecular complexity index is 688. The normalized spacial score (nSPS) is 18.8. The van der Waals surface area contributed by atoms with Crippen LogP contribution < -0.4 is 0 Å². The van der Waals surface area contributed by atoms with E-state index >= 15 is 0 Å². The lowest BCUT2D eigenvalue weighted by molar-refractivity contribution is -0.140. The number of rotatable bonds is 3. The number of nitrogens with zero attached hydrogens (tertiary/aromatic N) is 3. The van der Waals surface area contributed by atoms with Crippen LogP contribution in [0.4, 0.5) is 0 Å². The minimum absolute atomic E-state index is 0.0124. The zero-order chi connectivity index (χ0) is 18.7. The molecule has 0 bridgehead atoms. The van der Waals surface area contributed by atoms with Gasteiger partial charge in [0.15, 0.2) is 0 Å². The number of amides is 3. The molecule has 6 heteroatoms. The van der Waals surface area contributed by atoms with Gasteiger partial charge in [0.25, 0.3) is 5.91 Å². The molecule has 2 heterocycles. The molecule has 2 saturated heterocycles. The first-order valence-electron chi connectivity index (χ1n) is 9.34. The second-order valence-corrected chi connectivity index (χ2v) is 7.33. The van der Waals surface area contributed by atoms with Crippen molar-refractivity contribution in [2.24, 2.45) is 5.92 Å². The van der Waals surface area contributed by atoms with Crippen LogP contribution in [0.1, 0.15) is 34.3 Å². The number of benzene rings is 1. The molecular weight excluding hydrogens is 330 g/mol. The van der Waals surface area contributed by atoms with E-state index in [2.05, 4.69) is 0 Å². The van der Waals surface area contributed by atoms with Gasteiger partial charge >= 0.3 is 0 Å². The molecule has 140 valence electrons.